The van der Waals surface area contributed by atoms with Crippen LogP contribution in [-0.2, 0) is 11.3 Å². The Labute approximate surface area is 200 Å². The van der Waals surface area contributed by atoms with Crippen LogP contribution in [0.1, 0.15) is 36.2 Å². The number of hydrogen-bond acceptors (Lipinski definition) is 6. The van der Waals surface area contributed by atoms with Crippen LogP contribution in [0.4, 0.5) is 0 Å². The van der Waals surface area contributed by atoms with E-state index < -0.39 is 6.10 Å². The number of thiazole rings is 1. The fourth-order valence-electron chi connectivity index (χ4n) is 2.61. The summed E-state index contributed by atoms with van der Waals surface area (Å²) < 4.78 is 11.0. The van der Waals surface area contributed by atoms with Crippen LogP contribution in [0.3, 0.4) is 0 Å². The van der Waals surface area contributed by atoms with Crippen molar-refractivity contribution in [2.45, 2.75) is 39.5 Å². The fraction of sp³-hybridized carbons (Fsp3) is 0.524. The van der Waals surface area contributed by atoms with Crippen LogP contribution >= 0.6 is 35.3 Å². The molecular weight excluding hydrogens is 515 g/mol. The largest absolute Gasteiger partial charge is 0.491 e. The third kappa shape index (κ3) is 8.75. The van der Waals surface area contributed by atoms with E-state index in [9.17, 15) is 5.11 Å². The van der Waals surface area contributed by atoms with Gasteiger partial charge >= 0.3 is 0 Å². The topological polar surface area (TPSA) is 79.2 Å². The van der Waals surface area contributed by atoms with E-state index in [0.29, 0.717) is 6.54 Å². The molecule has 0 bridgehead atoms. The van der Waals surface area contributed by atoms with Crippen LogP contribution < -0.4 is 10.1 Å². The summed E-state index contributed by atoms with van der Waals surface area (Å²) in [6.07, 6.45) is -0.699. The van der Waals surface area contributed by atoms with Crippen molar-refractivity contribution in [1.82, 2.24) is 15.2 Å². The average Bonchev–Trinajstić information content (AvgIpc) is 3.17. The maximum absolute atomic E-state index is 10.3. The van der Waals surface area contributed by atoms with Crippen LogP contribution in [0.2, 0.25) is 0 Å². The lowest BCUT2D eigenvalue weighted by molar-refractivity contribution is 0.114. The Morgan fingerprint density at radius 3 is 2.83 bits per heavy atom. The number of aliphatic hydroxyl groups excluding tert-OH is 1. The molecule has 1 aromatic carbocycles. The van der Waals surface area contributed by atoms with Gasteiger partial charge in [-0.05, 0) is 38.5 Å². The predicted molar refractivity (Wildman–Crippen MR) is 133 cm³/mol. The molecule has 2 atom stereocenters. The first-order chi connectivity index (χ1) is 13.9. The molecule has 0 amide bonds. The van der Waals surface area contributed by atoms with E-state index in [0.717, 1.165) is 34.5 Å². The van der Waals surface area contributed by atoms with Gasteiger partial charge in [-0.3, -0.25) is 4.99 Å². The number of guanidine groups is 1. The molecule has 0 aliphatic heterocycles. The van der Waals surface area contributed by atoms with Crippen LogP contribution in [0, 0.1) is 6.92 Å². The van der Waals surface area contributed by atoms with E-state index in [1.54, 1.807) is 18.4 Å². The van der Waals surface area contributed by atoms with E-state index in [-0.39, 0.29) is 43.2 Å². The third-order valence-electron chi connectivity index (χ3n) is 4.25. The molecule has 0 fully saturated rings. The number of nitrogens with zero attached hydrogens (tertiary/aromatic N) is 3. The van der Waals surface area contributed by atoms with Crippen molar-refractivity contribution < 1.29 is 14.6 Å². The van der Waals surface area contributed by atoms with Gasteiger partial charge in [0.05, 0.1) is 18.8 Å². The Morgan fingerprint density at radius 1 is 1.40 bits per heavy atom. The molecule has 0 aliphatic carbocycles. The quantitative estimate of drug-likeness (QED) is 0.269. The van der Waals surface area contributed by atoms with Gasteiger partial charge in [-0.15, -0.1) is 35.3 Å². The molecule has 7 nitrogen and oxygen atoms in total. The zero-order chi connectivity index (χ0) is 21.2. The molecule has 0 radical (unpaired) electrons. The summed E-state index contributed by atoms with van der Waals surface area (Å²) in [5.41, 5.74) is 2.08. The van der Waals surface area contributed by atoms with Crippen molar-refractivity contribution in [1.29, 1.82) is 0 Å². The van der Waals surface area contributed by atoms with Gasteiger partial charge < -0.3 is 24.8 Å². The highest BCUT2D eigenvalue weighted by atomic mass is 127. The second-order valence-electron chi connectivity index (χ2n) is 6.89. The summed E-state index contributed by atoms with van der Waals surface area (Å²) in [7, 11) is 3.64. The van der Waals surface area contributed by atoms with Crippen molar-refractivity contribution in [3.63, 3.8) is 0 Å². The summed E-state index contributed by atoms with van der Waals surface area (Å²) in [6, 6.07) is 7.77. The van der Waals surface area contributed by atoms with E-state index in [2.05, 4.69) is 15.3 Å². The molecule has 1 heterocycles. The zero-order valence-corrected chi connectivity index (χ0v) is 21.4. The number of methoxy groups -OCH3 is 1. The second-order valence-corrected chi connectivity index (χ2v) is 7.78. The molecule has 9 heteroatoms. The minimum Gasteiger partial charge on any atom is -0.491 e. The highest BCUT2D eigenvalue weighted by molar-refractivity contribution is 14.0. The molecule has 168 valence electrons. The van der Waals surface area contributed by atoms with Crippen LogP contribution in [0.15, 0.2) is 34.6 Å². The van der Waals surface area contributed by atoms with Crippen molar-refractivity contribution >= 4 is 41.3 Å². The summed E-state index contributed by atoms with van der Waals surface area (Å²) in [4.78, 5) is 11.2. The van der Waals surface area contributed by atoms with E-state index in [4.69, 9.17) is 9.47 Å². The van der Waals surface area contributed by atoms with Gasteiger partial charge in [0.1, 0.15) is 29.6 Å². The number of aromatic nitrogens is 1. The van der Waals surface area contributed by atoms with Gasteiger partial charge in [0, 0.05) is 26.1 Å². The number of nitrogens with one attached hydrogen (secondary N) is 1. The zero-order valence-electron chi connectivity index (χ0n) is 18.3. The number of aliphatic imine (C=N–C) groups is 1. The maximum Gasteiger partial charge on any atom is 0.194 e. The molecule has 2 rings (SSSR count). The molecule has 2 aromatic rings. The first-order valence-electron chi connectivity index (χ1n) is 9.77. The summed E-state index contributed by atoms with van der Waals surface area (Å²) >= 11 is 1.59. The summed E-state index contributed by atoms with van der Waals surface area (Å²) in [6.45, 7) is 7.81. The first-order valence-corrected chi connectivity index (χ1v) is 10.6. The van der Waals surface area contributed by atoms with Crippen LogP contribution in [0.5, 0.6) is 5.75 Å². The lowest BCUT2D eigenvalue weighted by Gasteiger charge is -2.21. The van der Waals surface area contributed by atoms with Crippen LogP contribution in [0.25, 0.3) is 0 Å². The monoisotopic (exact) mass is 548 g/mol. The Balaban J connectivity index is 0.00000450. The van der Waals surface area contributed by atoms with E-state index >= 15 is 0 Å². The first kappa shape index (κ1) is 26.6. The SMILES string of the molecule is CCNC(=NCC(O)COc1cccc(C)c1)N(C)Cc1csc(C(C)OC)n1.I. The van der Waals surface area contributed by atoms with Crippen molar-refractivity contribution in [2.75, 3.05) is 33.9 Å². The second kappa shape index (κ2) is 13.8. The molecular formula is C21H33IN4O3S. The number of ether oxygens (including phenoxy) is 2. The Kier molecular flexibility index (Phi) is 12.2. The summed E-state index contributed by atoms with van der Waals surface area (Å²) in [5.74, 6) is 1.47. The van der Waals surface area contributed by atoms with Crippen molar-refractivity contribution in [2.24, 2.45) is 4.99 Å². The number of rotatable bonds is 10. The average molecular weight is 548 g/mol. The fourth-order valence-corrected chi connectivity index (χ4v) is 3.45. The number of benzene rings is 1. The minimum absolute atomic E-state index is 0. The molecule has 0 aliphatic rings. The molecule has 0 saturated heterocycles. The number of aryl methyl sites for hydroxylation is 1. The van der Waals surface area contributed by atoms with Gasteiger partial charge in [0.2, 0.25) is 0 Å². The van der Waals surface area contributed by atoms with Gasteiger partial charge in [-0.25, -0.2) is 4.98 Å². The van der Waals surface area contributed by atoms with E-state index in [1.807, 2.05) is 62.4 Å². The third-order valence-corrected chi connectivity index (χ3v) is 5.30. The highest BCUT2D eigenvalue weighted by Gasteiger charge is 2.13. The lowest BCUT2D eigenvalue weighted by atomic mass is 10.2. The van der Waals surface area contributed by atoms with Gasteiger partial charge in [0.25, 0.3) is 0 Å². The summed E-state index contributed by atoms with van der Waals surface area (Å²) in [5, 5.41) is 16.5. The number of halogens is 1. The Hall–Kier alpha value is -1.43. The number of aliphatic hydroxyl groups is 1. The molecule has 0 spiro atoms. The predicted octanol–water partition coefficient (Wildman–Crippen LogP) is 3.61. The Bertz CT molecular complexity index is 787. The van der Waals surface area contributed by atoms with Crippen molar-refractivity contribution in [3.8, 4) is 5.75 Å². The standard InChI is InChI=1S/C21H32N4O3S.HI/c1-6-22-21(25(4)12-17-14-29-20(24-17)16(3)27-5)23-11-18(26)13-28-19-9-7-8-15(2)10-19;/h7-10,14,16,18,26H,6,11-13H2,1-5H3,(H,22,23);1H. The van der Waals surface area contributed by atoms with Crippen molar-refractivity contribution in [3.05, 3.63) is 45.9 Å². The molecule has 2 unspecified atom stereocenters. The minimum atomic E-state index is -0.689. The Morgan fingerprint density at radius 2 is 2.17 bits per heavy atom. The number of hydrogen-bond donors (Lipinski definition) is 2. The van der Waals surface area contributed by atoms with Gasteiger partial charge in [-0.1, -0.05) is 12.1 Å². The van der Waals surface area contributed by atoms with Gasteiger partial charge in [0.15, 0.2) is 5.96 Å². The van der Waals surface area contributed by atoms with Gasteiger partial charge in [-0.2, -0.15) is 0 Å². The maximum atomic E-state index is 10.3. The molecule has 2 N–H and O–H groups in total. The lowest BCUT2D eigenvalue weighted by Crippen LogP contribution is -2.39. The van der Waals surface area contributed by atoms with Crippen LogP contribution in [-0.4, -0.2) is 60.9 Å². The van der Waals surface area contributed by atoms with E-state index in [1.165, 1.54) is 0 Å². The highest BCUT2D eigenvalue weighted by Crippen LogP contribution is 2.21. The molecule has 1 aromatic heterocycles. The normalized spacial score (nSPS) is 13.3. The smallest absolute Gasteiger partial charge is 0.194 e. The molecule has 30 heavy (non-hydrogen) atoms. The molecule has 0 saturated carbocycles.